The number of phenols is 1. The van der Waals surface area contributed by atoms with Crippen LogP contribution in [-0.4, -0.2) is 18.2 Å². The van der Waals surface area contributed by atoms with Gasteiger partial charge in [0.25, 0.3) is 0 Å². The quantitative estimate of drug-likeness (QED) is 0.724. The molecule has 0 aliphatic heterocycles. The fraction of sp³-hybridized carbons (Fsp3) is 0.364. The molecule has 1 atom stereocenters. The highest BCUT2D eigenvalue weighted by molar-refractivity contribution is 5.94. The molecule has 0 saturated carbocycles. The zero-order chi connectivity index (χ0) is 11.6. The second-order valence-electron chi connectivity index (χ2n) is 3.45. The molecular formula is C11H15NO3. The van der Waals surface area contributed by atoms with Crippen LogP contribution in [0.15, 0.2) is 12.1 Å². The van der Waals surface area contributed by atoms with Crippen molar-refractivity contribution in [1.29, 1.82) is 0 Å². The first-order valence-corrected chi connectivity index (χ1v) is 4.65. The number of ether oxygens (including phenoxy) is 1. The molecule has 1 rings (SSSR count). The third-order valence-corrected chi connectivity index (χ3v) is 2.36. The van der Waals surface area contributed by atoms with Gasteiger partial charge in [-0.2, -0.15) is 0 Å². The SMILES string of the molecule is COC(=O)c1c(O)ccc([C@H](C)N)c1C. The van der Waals surface area contributed by atoms with Crippen molar-refractivity contribution in [3.8, 4) is 5.75 Å². The first kappa shape index (κ1) is 11.5. The summed E-state index contributed by atoms with van der Waals surface area (Å²) in [6, 6.07) is 2.98. The number of hydrogen-bond donors (Lipinski definition) is 2. The standard InChI is InChI=1S/C11H15NO3/c1-6-8(7(2)12)4-5-9(13)10(6)11(14)15-3/h4-5,7,13H,12H2,1-3H3/t7-/m0/s1. The van der Waals surface area contributed by atoms with Crippen molar-refractivity contribution in [1.82, 2.24) is 0 Å². The van der Waals surface area contributed by atoms with Crippen LogP contribution in [0.4, 0.5) is 0 Å². The zero-order valence-electron chi connectivity index (χ0n) is 9.07. The van der Waals surface area contributed by atoms with Gasteiger partial charge in [0.2, 0.25) is 0 Å². The average molecular weight is 209 g/mol. The molecule has 0 amide bonds. The average Bonchev–Trinajstić information content (AvgIpc) is 2.16. The summed E-state index contributed by atoms with van der Waals surface area (Å²) in [5, 5.41) is 9.56. The van der Waals surface area contributed by atoms with Gasteiger partial charge in [-0.1, -0.05) is 6.07 Å². The van der Waals surface area contributed by atoms with E-state index in [-0.39, 0.29) is 17.4 Å². The van der Waals surface area contributed by atoms with E-state index < -0.39 is 5.97 Å². The number of carbonyl (C=O) groups excluding carboxylic acids is 1. The second-order valence-corrected chi connectivity index (χ2v) is 3.45. The highest BCUT2D eigenvalue weighted by Crippen LogP contribution is 2.27. The summed E-state index contributed by atoms with van der Waals surface area (Å²) in [4.78, 5) is 11.4. The highest BCUT2D eigenvalue weighted by atomic mass is 16.5. The number of nitrogens with two attached hydrogens (primary N) is 1. The molecule has 1 aromatic rings. The highest BCUT2D eigenvalue weighted by Gasteiger charge is 2.18. The molecule has 1 aromatic carbocycles. The lowest BCUT2D eigenvalue weighted by molar-refractivity contribution is 0.0596. The van der Waals surface area contributed by atoms with E-state index >= 15 is 0 Å². The minimum atomic E-state index is -0.549. The van der Waals surface area contributed by atoms with Gasteiger partial charge >= 0.3 is 5.97 Å². The summed E-state index contributed by atoms with van der Waals surface area (Å²) < 4.78 is 4.59. The number of hydrogen-bond acceptors (Lipinski definition) is 4. The van der Waals surface area contributed by atoms with Gasteiger partial charge < -0.3 is 15.6 Å². The molecule has 82 valence electrons. The Kier molecular flexibility index (Phi) is 3.31. The van der Waals surface area contributed by atoms with Gasteiger partial charge in [-0.15, -0.1) is 0 Å². The van der Waals surface area contributed by atoms with Gasteiger partial charge in [0, 0.05) is 6.04 Å². The second kappa shape index (κ2) is 4.31. The third-order valence-electron chi connectivity index (χ3n) is 2.36. The van der Waals surface area contributed by atoms with Crippen molar-refractivity contribution in [2.24, 2.45) is 5.73 Å². The van der Waals surface area contributed by atoms with E-state index in [0.29, 0.717) is 5.56 Å². The van der Waals surface area contributed by atoms with Gasteiger partial charge in [-0.3, -0.25) is 0 Å². The predicted octanol–water partition coefficient (Wildman–Crippen LogP) is 1.51. The lowest BCUT2D eigenvalue weighted by Crippen LogP contribution is -2.11. The van der Waals surface area contributed by atoms with Gasteiger partial charge in [-0.05, 0) is 31.0 Å². The molecule has 0 saturated heterocycles. The van der Waals surface area contributed by atoms with Crippen molar-refractivity contribution < 1.29 is 14.6 Å². The van der Waals surface area contributed by atoms with Crippen molar-refractivity contribution in [2.45, 2.75) is 19.9 Å². The Morgan fingerprint density at radius 1 is 1.53 bits per heavy atom. The molecule has 15 heavy (non-hydrogen) atoms. The molecule has 0 aromatic heterocycles. The Labute approximate surface area is 88.7 Å². The molecular weight excluding hydrogens is 194 g/mol. The van der Waals surface area contributed by atoms with E-state index in [1.54, 1.807) is 13.0 Å². The number of aromatic hydroxyl groups is 1. The molecule has 4 nitrogen and oxygen atoms in total. The predicted molar refractivity (Wildman–Crippen MR) is 56.8 cm³/mol. The van der Waals surface area contributed by atoms with E-state index in [2.05, 4.69) is 4.74 Å². The molecule has 4 heteroatoms. The molecule has 0 radical (unpaired) electrons. The number of rotatable bonds is 2. The van der Waals surface area contributed by atoms with E-state index in [1.165, 1.54) is 13.2 Å². The summed E-state index contributed by atoms with van der Waals surface area (Å²) in [5.41, 5.74) is 7.42. The normalized spacial score (nSPS) is 12.3. The Hall–Kier alpha value is -1.55. The maximum absolute atomic E-state index is 11.4. The number of carbonyl (C=O) groups is 1. The maximum Gasteiger partial charge on any atom is 0.341 e. The summed E-state index contributed by atoms with van der Waals surface area (Å²) in [7, 11) is 1.28. The van der Waals surface area contributed by atoms with E-state index in [9.17, 15) is 9.90 Å². The van der Waals surface area contributed by atoms with E-state index in [0.717, 1.165) is 5.56 Å². The van der Waals surface area contributed by atoms with Crippen LogP contribution in [0, 0.1) is 6.92 Å². The van der Waals surface area contributed by atoms with Crippen LogP contribution >= 0.6 is 0 Å². The smallest absolute Gasteiger partial charge is 0.341 e. The van der Waals surface area contributed by atoms with Crippen LogP contribution in [0.5, 0.6) is 5.75 Å². The van der Waals surface area contributed by atoms with Crippen LogP contribution in [-0.2, 0) is 4.74 Å². The van der Waals surface area contributed by atoms with Gasteiger partial charge in [0.1, 0.15) is 11.3 Å². The fourth-order valence-electron chi connectivity index (χ4n) is 1.57. The molecule has 0 aliphatic rings. The Morgan fingerprint density at radius 2 is 2.13 bits per heavy atom. The van der Waals surface area contributed by atoms with Crippen LogP contribution in [0.2, 0.25) is 0 Å². The van der Waals surface area contributed by atoms with Gasteiger partial charge in [0.05, 0.1) is 7.11 Å². The Balaban J connectivity index is 3.36. The third kappa shape index (κ3) is 2.10. The van der Waals surface area contributed by atoms with E-state index in [4.69, 9.17) is 5.73 Å². The van der Waals surface area contributed by atoms with Crippen molar-refractivity contribution in [3.63, 3.8) is 0 Å². The molecule has 3 N–H and O–H groups in total. The van der Waals surface area contributed by atoms with Crippen LogP contribution < -0.4 is 5.73 Å². The Morgan fingerprint density at radius 3 is 2.60 bits per heavy atom. The molecule has 0 heterocycles. The topological polar surface area (TPSA) is 72.5 Å². The molecule has 0 aliphatic carbocycles. The monoisotopic (exact) mass is 209 g/mol. The largest absolute Gasteiger partial charge is 0.507 e. The maximum atomic E-state index is 11.4. The van der Waals surface area contributed by atoms with Crippen molar-refractivity contribution >= 4 is 5.97 Å². The number of esters is 1. The lowest BCUT2D eigenvalue weighted by atomic mass is 9.97. The first-order chi connectivity index (χ1) is 6.99. The lowest BCUT2D eigenvalue weighted by Gasteiger charge is -2.13. The van der Waals surface area contributed by atoms with E-state index in [1.807, 2.05) is 6.92 Å². The summed E-state index contributed by atoms with van der Waals surface area (Å²) >= 11 is 0. The number of phenolic OH excluding ortho intramolecular Hbond substituents is 1. The summed E-state index contributed by atoms with van der Waals surface area (Å²) in [6.07, 6.45) is 0. The van der Waals surface area contributed by atoms with Crippen LogP contribution in [0.1, 0.15) is 34.5 Å². The van der Waals surface area contributed by atoms with Crippen molar-refractivity contribution in [3.05, 3.63) is 28.8 Å². The van der Waals surface area contributed by atoms with Crippen molar-refractivity contribution in [2.75, 3.05) is 7.11 Å². The zero-order valence-corrected chi connectivity index (χ0v) is 9.07. The number of benzene rings is 1. The Bertz CT molecular complexity index is 386. The van der Waals surface area contributed by atoms with Crippen LogP contribution in [0.3, 0.4) is 0 Å². The number of methoxy groups -OCH3 is 1. The molecule has 0 unspecified atom stereocenters. The van der Waals surface area contributed by atoms with Gasteiger partial charge in [-0.25, -0.2) is 4.79 Å². The first-order valence-electron chi connectivity index (χ1n) is 4.65. The van der Waals surface area contributed by atoms with Crippen LogP contribution in [0.25, 0.3) is 0 Å². The molecule has 0 bridgehead atoms. The van der Waals surface area contributed by atoms with Gasteiger partial charge in [0.15, 0.2) is 0 Å². The minimum absolute atomic E-state index is 0.0799. The molecule has 0 fully saturated rings. The summed E-state index contributed by atoms with van der Waals surface area (Å²) in [5.74, 6) is -0.628. The summed E-state index contributed by atoms with van der Waals surface area (Å²) in [6.45, 7) is 3.56. The molecule has 0 spiro atoms. The fourth-order valence-corrected chi connectivity index (χ4v) is 1.57. The minimum Gasteiger partial charge on any atom is -0.507 e.